The van der Waals surface area contributed by atoms with Crippen LogP contribution in [0.25, 0.3) is 0 Å². The van der Waals surface area contributed by atoms with Gasteiger partial charge in [-0.25, -0.2) is 48.6 Å². The highest BCUT2D eigenvalue weighted by molar-refractivity contribution is 5.03. The Labute approximate surface area is 192 Å². The van der Waals surface area contributed by atoms with Crippen LogP contribution in [0, 0.1) is 10.8 Å². The molecular weight excluding hydrogens is 622 g/mol. The van der Waals surface area contributed by atoms with E-state index >= 15 is 0 Å². The monoisotopic (exact) mass is 628 g/mol. The van der Waals surface area contributed by atoms with E-state index in [-0.39, 0.29) is 0 Å². The van der Waals surface area contributed by atoms with Crippen LogP contribution in [0.15, 0.2) is 0 Å². The Kier molecular flexibility index (Phi) is 10.6. The largest absolute Gasteiger partial charge is 0.453 e. The molecule has 0 rings (SSSR count). The number of rotatable bonds is 15. The molecule has 0 amide bonds. The highest BCUT2D eigenvalue weighted by Crippen LogP contribution is 2.62. The van der Waals surface area contributed by atoms with Crippen molar-refractivity contribution in [3.8, 4) is 0 Å². The molecule has 38 heavy (non-hydrogen) atoms. The number of alkyl halides is 22. The van der Waals surface area contributed by atoms with E-state index in [0.29, 0.717) is 0 Å². The van der Waals surface area contributed by atoms with E-state index in [0.717, 1.165) is 0 Å². The maximum Gasteiger partial charge on any atom is 0.453 e. The van der Waals surface area contributed by atoms with Crippen molar-refractivity contribution in [2.45, 2.75) is 69.3 Å². The molecule has 0 aliphatic carbocycles. The Morgan fingerprint density at radius 1 is 0.342 bits per heavy atom. The second kappa shape index (κ2) is 11.1. The molecule has 0 aliphatic rings. The zero-order valence-electron chi connectivity index (χ0n) is 16.5. The van der Waals surface area contributed by atoms with Crippen molar-refractivity contribution >= 4 is 0 Å². The molecule has 0 saturated carbocycles. The lowest BCUT2D eigenvalue weighted by Crippen LogP contribution is -2.70. The summed E-state index contributed by atoms with van der Waals surface area (Å²) in [4.78, 5) is 0. The lowest BCUT2D eigenvalue weighted by atomic mass is 9.84. The lowest BCUT2D eigenvalue weighted by molar-refractivity contribution is -0.556. The van der Waals surface area contributed by atoms with Gasteiger partial charge in [-0.1, -0.05) is 0 Å². The van der Waals surface area contributed by atoms with E-state index in [1.807, 2.05) is 0 Å². The molecule has 0 aliphatic heterocycles. The zero-order valence-corrected chi connectivity index (χ0v) is 16.5. The average molecular weight is 628 g/mol. The molecule has 0 spiro atoms. The topological polar surface area (TPSA) is 27.7 Å². The van der Waals surface area contributed by atoms with Gasteiger partial charge in [0.2, 0.25) is 5.41 Å². The first-order valence-electron chi connectivity index (χ1n) is 8.21. The van der Waals surface area contributed by atoms with Crippen LogP contribution in [0.4, 0.5) is 96.6 Å². The lowest BCUT2D eigenvalue weighted by Gasteiger charge is -2.46. The SMILES string of the molecule is FC(F)OC(F)(F)C(F)(F)OC(F)(F)C(C(F)F)(C(F)F)C(F)(F)OC(F)(F)C(C(F)F)(C(F)F)C(F)F. The molecule has 0 saturated heterocycles. The van der Waals surface area contributed by atoms with Crippen molar-refractivity contribution in [2.75, 3.05) is 0 Å². The van der Waals surface area contributed by atoms with Crippen molar-refractivity contribution in [3.63, 3.8) is 0 Å². The normalized spacial score (nSPS) is 15.8. The summed E-state index contributed by atoms with van der Waals surface area (Å²) in [5.41, 5.74) is -14.8. The third-order valence-electron chi connectivity index (χ3n) is 4.33. The predicted octanol–water partition coefficient (Wildman–Crippen LogP) is 7.52. The van der Waals surface area contributed by atoms with Crippen LogP contribution >= 0.6 is 0 Å². The minimum atomic E-state index is -8.22. The molecule has 0 aromatic heterocycles. The standard InChI is InChI=1S/C13H6F22O3/c14-1(15)7(2(16)17,3(18)19)9(26,27)37-10(28,29)8(4(20)21,5(22)23)11(30,31)38-13(34,35)12(32,33)36-6(24)25/h1-6H. The van der Waals surface area contributed by atoms with Gasteiger partial charge in [0.25, 0.3) is 37.5 Å². The van der Waals surface area contributed by atoms with Crippen molar-refractivity contribution in [1.82, 2.24) is 0 Å². The molecule has 0 unspecified atom stereocenters. The van der Waals surface area contributed by atoms with Gasteiger partial charge in [0.15, 0.2) is 0 Å². The molecule has 230 valence electrons. The maximum atomic E-state index is 14.1. The third kappa shape index (κ3) is 5.77. The van der Waals surface area contributed by atoms with Gasteiger partial charge >= 0.3 is 37.2 Å². The molecule has 0 heterocycles. The fraction of sp³-hybridized carbons (Fsp3) is 1.00. The molecule has 0 bridgehead atoms. The summed E-state index contributed by atoms with van der Waals surface area (Å²) in [6.07, 6.45) is -70.0. The second-order valence-corrected chi connectivity index (χ2v) is 6.47. The molecule has 0 aromatic carbocycles. The molecule has 0 fully saturated rings. The van der Waals surface area contributed by atoms with E-state index < -0.39 is 80.1 Å². The molecule has 0 aromatic rings. The maximum absolute atomic E-state index is 14.1. The Bertz CT molecular complexity index is 736. The van der Waals surface area contributed by atoms with Crippen LogP contribution in [-0.2, 0) is 14.2 Å². The summed E-state index contributed by atoms with van der Waals surface area (Å²) < 4.78 is 293. The first-order valence-corrected chi connectivity index (χ1v) is 8.21. The van der Waals surface area contributed by atoms with Gasteiger partial charge in [-0.3, -0.25) is 9.47 Å². The van der Waals surface area contributed by atoms with E-state index in [9.17, 15) is 96.6 Å². The van der Waals surface area contributed by atoms with Crippen LogP contribution in [0.2, 0.25) is 0 Å². The van der Waals surface area contributed by atoms with Crippen LogP contribution in [0.1, 0.15) is 0 Å². The minimum Gasteiger partial charge on any atom is -0.253 e. The van der Waals surface area contributed by atoms with Crippen LogP contribution in [0.5, 0.6) is 0 Å². The Morgan fingerprint density at radius 3 is 0.868 bits per heavy atom. The van der Waals surface area contributed by atoms with Gasteiger partial charge in [-0.05, 0) is 0 Å². The molecular formula is C13H6F22O3. The van der Waals surface area contributed by atoms with Gasteiger partial charge in [0.05, 0.1) is 0 Å². The smallest absolute Gasteiger partial charge is 0.253 e. The van der Waals surface area contributed by atoms with E-state index in [2.05, 4.69) is 0 Å². The summed E-state index contributed by atoms with van der Waals surface area (Å²) in [6.45, 7) is -5.11. The van der Waals surface area contributed by atoms with Crippen molar-refractivity contribution in [1.29, 1.82) is 0 Å². The fourth-order valence-electron chi connectivity index (χ4n) is 2.26. The summed E-state index contributed by atoms with van der Waals surface area (Å²) in [5.74, 6) is 0. The second-order valence-electron chi connectivity index (χ2n) is 6.47. The van der Waals surface area contributed by atoms with E-state index in [1.54, 1.807) is 4.74 Å². The van der Waals surface area contributed by atoms with Gasteiger partial charge in [0.1, 0.15) is 0 Å². The van der Waals surface area contributed by atoms with Gasteiger partial charge in [-0.15, -0.1) is 0 Å². The molecule has 0 atom stereocenters. The van der Waals surface area contributed by atoms with Gasteiger partial charge in [-0.2, -0.15) is 52.7 Å². The van der Waals surface area contributed by atoms with Crippen LogP contribution in [0.3, 0.4) is 0 Å². The number of hydrogen-bond donors (Lipinski definition) is 0. The Morgan fingerprint density at radius 2 is 0.632 bits per heavy atom. The highest BCUT2D eigenvalue weighted by Gasteiger charge is 2.87. The molecule has 0 N–H and O–H groups in total. The summed E-state index contributed by atoms with van der Waals surface area (Å²) >= 11 is 0. The minimum absolute atomic E-state index is 1.42. The highest BCUT2D eigenvalue weighted by atomic mass is 19.4. The summed E-state index contributed by atoms with van der Waals surface area (Å²) in [5, 5.41) is 0. The number of hydrogen-bond acceptors (Lipinski definition) is 3. The fourth-order valence-corrected chi connectivity index (χ4v) is 2.26. The first-order chi connectivity index (χ1) is 16.5. The average Bonchev–Trinajstić information content (AvgIpc) is 2.55. The Balaban J connectivity index is 7.18. The Hall–Kier alpha value is -1.66. The predicted molar refractivity (Wildman–Crippen MR) is 68.9 cm³/mol. The van der Waals surface area contributed by atoms with Gasteiger partial charge in [0, 0.05) is 0 Å². The number of halogens is 22. The zero-order chi connectivity index (χ0) is 31.1. The van der Waals surface area contributed by atoms with Crippen molar-refractivity contribution in [3.05, 3.63) is 0 Å². The van der Waals surface area contributed by atoms with Crippen LogP contribution < -0.4 is 0 Å². The first kappa shape index (κ1) is 36.3. The summed E-state index contributed by atoms with van der Waals surface area (Å²) in [7, 11) is 0. The van der Waals surface area contributed by atoms with E-state index in [4.69, 9.17) is 0 Å². The summed E-state index contributed by atoms with van der Waals surface area (Å²) in [6, 6.07) is 0. The quantitative estimate of drug-likeness (QED) is 0.176. The van der Waals surface area contributed by atoms with Gasteiger partial charge < -0.3 is 0 Å². The third-order valence-corrected chi connectivity index (χ3v) is 4.33. The molecule has 3 nitrogen and oxygen atoms in total. The van der Waals surface area contributed by atoms with E-state index in [1.165, 1.54) is 9.47 Å². The molecule has 25 heteroatoms. The molecule has 0 radical (unpaired) electrons. The van der Waals surface area contributed by atoms with Crippen molar-refractivity contribution in [2.24, 2.45) is 10.8 Å². The van der Waals surface area contributed by atoms with Crippen LogP contribution in [-0.4, -0.2) is 69.3 Å². The van der Waals surface area contributed by atoms with Crippen molar-refractivity contribution < 1.29 is 111 Å². The number of ether oxygens (including phenoxy) is 3.